The predicted molar refractivity (Wildman–Crippen MR) is 86.9 cm³/mol. The van der Waals surface area contributed by atoms with E-state index in [1.54, 1.807) is 31.2 Å². The van der Waals surface area contributed by atoms with E-state index in [-0.39, 0.29) is 10.9 Å². The van der Waals surface area contributed by atoms with Crippen molar-refractivity contribution in [3.63, 3.8) is 0 Å². The summed E-state index contributed by atoms with van der Waals surface area (Å²) in [5, 5.41) is -0.0953. The quantitative estimate of drug-likeness (QED) is 0.705. The Balaban J connectivity index is 2.00. The van der Waals surface area contributed by atoms with Crippen molar-refractivity contribution in [2.45, 2.75) is 17.8 Å². The Morgan fingerprint density at radius 1 is 1.30 bits per heavy atom. The summed E-state index contributed by atoms with van der Waals surface area (Å²) in [5.74, 6) is 0.341. The van der Waals surface area contributed by atoms with E-state index < -0.39 is 9.84 Å². The van der Waals surface area contributed by atoms with Crippen molar-refractivity contribution < 1.29 is 13.2 Å². The molecule has 1 aromatic carbocycles. The van der Waals surface area contributed by atoms with Crippen molar-refractivity contribution in [3.8, 4) is 5.75 Å². The lowest BCUT2D eigenvalue weighted by molar-refractivity contribution is 0.410. The number of pyridine rings is 1. The van der Waals surface area contributed by atoms with E-state index in [4.69, 9.17) is 10.5 Å². The molecule has 0 aliphatic heterocycles. The van der Waals surface area contributed by atoms with Crippen molar-refractivity contribution in [1.82, 2.24) is 15.0 Å². The highest BCUT2D eigenvalue weighted by atomic mass is 32.2. The highest BCUT2D eigenvalue weighted by Gasteiger charge is 2.22. The summed E-state index contributed by atoms with van der Waals surface area (Å²) in [6.45, 7) is 1.77. The largest absolute Gasteiger partial charge is 0.496 e. The van der Waals surface area contributed by atoms with Crippen LogP contribution in [-0.4, -0.2) is 30.5 Å². The molecule has 2 aromatic heterocycles. The van der Waals surface area contributed by atoms with Gasteiger partial charge in [-0.25, -0.2) is 13.4 Å². The molecule has 3 rings (SSSR count). The van der Waals surface area contributed by atoms with Gasteiger partial charge in [-0.05, 0) is 31.2 Å². The molecule has 2 heterocycles. The Kier molecular flexibility index (Phi) is 3.69. The van der Waals surface area contributed by atoms with Gasteiger partial charge >= 0.3 is 0 Å². The predicted octanol–water partition coefficient (Wildman–Crippen LogP) is 1.83. The number of aromatic amines is 1. The normalized spacial score (nSPS) is 11.7. The van der Waals surface area contributed by atoms with Gasteiger partial charge in [0.1, 0.15) is 11.5 Å². The molecule has 120 valence electrons. The highest BCUT2D eigenvalue weighted by molar-refractivity contribution is 7.90. The third-order valence-corrected chi connectivity index (χ3v) is 5.02. The zero-order chi connectivity index (χ0) is 16.6. The molecule has 0 atom stereocenters. The molecule has 0 radical (unpaired) electrons. The van der Waals surface area contributed by atoms with Crippen LogP contribution in [0.3, 0.4) is 0 Å². The lowest BCUT2D eigenvalue weighted by Crippen LogP contribution is -2.10. The Hall–Kier alpha value is -2.61. The smallest absolute Gasteiger partial charge is 0.226 e. The number of nitrogens with one attached hydrogen (secondary N) is 1. The second kappa shape index (κ2) is 5.54. The van der Waals surface area contributed by atoms with Crippen LogP contribution in [0, 0.1) is 6.92 Å². The summed E-state index contributed by atoms with van der Waals surface area (Å²) >= 11 is 0. The number of H-pyrrole nitrogens is 1. The molecule has 0 bridgehead atoms. The highest BCUT2D eigenvalue weighted by Crippen LogP contribution is 2.24. The molecule has 0 saturated carbocycles. The first-order valence-corrected chi connectivity index (χ1v) is 8.52. The fraction of sp³-hybridized carbons (Fsp3) is 0.200. The number of nitrogen functional groups attached to an aromatic ring is 1. The van der Waals surface area contributed by atoms with Gasteiger partial charge in [-0.1, -0.05) is 0 Å². The van der Waals surface area contributed by atoms with Crippen LogP contribution in [0.25, 0.3) is 11.0 Å². The molecule has 0 spiro atoms. The Morgan fingerprint density at radius 3 is 2.83 bits per heavy atom. The lowest BCUT2D eigenvalue weighted by atomic mass is 10.2. The number of rotatable bonds is 4. The van der Waals surface area contributed by atoms with Crippen LogP contribution in [-0.2, 0) is 15.6 Å². The fourth-order valence-electron chi connectivity index (χ4n) is 2.33. The fourth-order valence-corrected chi connectivity index (χ4v) is 3.62. The van der Waals surface area contributed by atoms with E-state index in [1.165, 1.54) is 13.3 Å². The zero-order valence-corrected chi connectivity index (χ0v) is 13.5. The average molecular weight is 332 g/mol. The van der Waals surface area contributed by atoms with Gasteiger partial charge in [0.15, 0.2) is 0 Å². The topological polar surface area (TPSA) is 111 Å². The summed E-state index contributed by atoms with van der Waals surface area (Å²) in [6.07, 6.45) is 1.52. The van der Waals surface area contributed by atoms with Gasteiger partial charge in [-0.15, -0.1) is 0 Å². The number of benzene rings is 1. The molecule has 0 aliphatic rings. The van der Waals surface area contributed by atoms with E-state index in [2.05, 4.69) is 15.0 Å². The van der Waals surface area contributed by atoms with E-state index in [0.29, 0.717) is 33.7 Å². The summed E-state index contributed by atoms with van der Waals surface area (Å²) < 4.78 is 30.4. The van der Waals surface area contributed by atoms with Crippen LogP contribution in [0.15, 0.2) is 35.6 Å². The number of aromatic nitrogens is 3. The van der Waals surface area contributed by atoms with Gasteiger partial charge in [-0.3, -0.25) is 4.98 Å². The van der Waals surface area contributed by atoms with Crippen LogP contribution in [0.2, 0.25) is 0 Å². The summed E-state index contributed by atoms with van der Waals surface area (Å²) in [4.78, 5) is 11.1. The molecule has 7 nitrogen and oxygen atoms in total. The number of nitrogens with two attached hydrogens (primary N) is 1. The molecule has 0 aliphatic carbocycles. The van der Waals surface area contributed by atoms with Crippen molar-refractivity contribution in [1.29, 1.82) is 0 Å². The van der Waals surface area contributed by atoms with E-state index >= 15 is 0 Å². The molecule has 23 heavy (non-hydrogen) atoms. The monoisotopic (exact) mass is 332 g/mol. The third kappa shape index (κ3) is 2.85. The minimum atomic E-state index is -3.66. The first-order valence-electron chi connectivity index (χ1n) is 6.87. The maximum absolute atomic E-state index is 12.6. The molecule has 3 N–H and O–H groups in total. The Morgan fingerprint density at radius 2 is 2.09 bits per heavy atom. The number of methoxy groups -OCH3 is 1. The van der Waals surface area contributed by atoms with Gasteiger partial charge in [0.2, 0.25) is 15.0 Å². The van der Waals surface area contributed by atoms with Gasteiger partial charge in [0.25, 0.3) is 0 Å². The first kappa shape index (κ1) is 15.3. The summed E-state index contributed by atoms with van der Waals surface area (Å²) in [5.41, 5.74) is 8.49. The number of ether oxygens (including phenoxy) is 1. The average Bonchev–Trinajstić information content (AvgIpc) is 2.93. The Bertz CT molecular complexity index is 980. The molecular weight excluding hydrogens is 316 g/mol. The number of hydrogen-bond donors (Lipinski definition) is 2. The molecule has 0 unspecified atom stereocenters. The van der Waals surface area contributed by atoms with Gasteiger partial charge in [-0.2, -0.15) is 0 Å². The number of nitrogens with zero attached hydrogens (tertiary/aromatic N) is 2. The zero-order valence-electron chi connectivity index (χ0n) is 12.7. The van der Waals surface area contributed by atoms with Gasteiger partial charge in [0.05, 0.1) is 23.8 Å². The third-order valence-electron chi connectivity index (χ3n) is 3.58. The number of imidazole rings is 1. The van der Waals surface area contributed by atoms with E-state index in [1.807, 2.05) is 0 Å². The Labute approximate surface area is 133 Å². The second-order valence-corrected chi connectivity index (χ2v) is 7.07. The molecule has 3 aromatic rings. The van der Waals surface area contributed by atoms with Crippen molar-refractivity contribution >= 4 is 26.6 Å². The lowest BCUT2D eigenvalue weighted by Gasteiger charge is -2.08. The minimum Gasteiger partial charge on any atom is -0.496 e. The van der Waals surface area contributed by atoms with Crippen molar-refractivity contribution in [3.05, 3.63) is 41.7 Å². The van der Waals surface area contributed by atoms with Crippen LogP contribution < -0.4 is 10.5 Å². The van der Waals surface area contributed by atoms with Crippen LogP contribution >= 0.6 is 0 Å². The van der Waals surface area contributed by atoms with Crippen LogP contribution in [0.5, 0.6) is 5.75 Å². The van der Waals surface area contributed by atoms with Crippen LogP contribution in [0.1, 0.15) is 11.3 Å². The second-order valence-electron chi connectivity index (χ2n) is 5.16. The SMILES string of the molecule is COc1ccnc(CS(=O)(=O)c2nc3ccc(N)cc3[nH]2)c1C. The standard InChI is InChI=1S/C15H16N4O3S/c1-9-13(17-6-5-14(9)22-2)8-23(20,21)15-18-11-4-3-10(16)7-12(11)19-15/h3-7H,8,16H2,1-2H3,(H,18,19). The summed E-state index contributed by atoms with van der Waals surface area (Å²) in [7, 11) is -2.13. The molecule has 0 amide bonds. The maximum Gasteiger partial charge on any atom is 0.226 e. The van der Waals surface area contributed by atoms with Crippen molar-refractivity contribution in [2.24, 2.45) is 0 Å². The van der Waals surface area contributed by atoms with Gasteiger partial charge < -0.3 is 15.5 Å². The first-order chi connectivity index (χ1) is 10.9. The molecule has 0 fully saturated rings. The number of sulfone groups is 1. The van der Waals surface area contributed by atoms with Crippen LogP contribution in [0.4, 0.5) is 5.69 Å². The maximum atomic E-state index is 12.6. The number of anilines is 1. The van der Waals surface area contributed by atoms with E-state index in [9.17, 15) is 8.42 Å². The number of fused-ring (bicyclic) bond motifs is 1. The molecule has 0 saturated heterocycles. The minimum absolute atomic E-state index is 0.0953. The van der Waals surface area contributed by atoms with Crippen molar-refractivity contribution in [2.75, 3.05) is 12.8 Å². The molecular formula is C15H16N4O3S. The molecule has 8 heteroatoms. The number of hydrogen-bond acceptors (Lipinski definition) is 6. The summed E-state index contributed by atoms with van der Waals surface area (Å²) in [6, 6.07) is 6.69. The van der Waals surface area contributed by atoms with E-state index in [0.717, 1.165) is 0 Å². The van der Waals surface area contributed by atoms with Gasteiger partial charge in [0, 0.05) is 17.4 Å².